The van der Waals surface area contributed by atoms with Crippen molar-refractivity contribution >= 4 is 22.7 Å². The van der Waals surface area contributed by atoms with Crippen LogP contribution in [0.4, 0.5) is 5.82 Å². The molecule has 0 unspecified atom stereocenters. The van der Waals surface area contributed by atoms with Gasteiger partial charge in [-0.3, -0.25) is 4.98 Å². The molecule has 4 rings (SSSR count). The molecular formula is C21H18N6O2. The van der Waals surface area contributed by atoms with Gasteiger partial charge in [0.25, 0.3) is 0 Å². The summed E-state index contributed by atoms with van der Waals surface area (Å²) in [4.78, 5) is 20.0. The van der Waals surface area contributed by atoms with E-state index in [9.17, 15) is 4.79 Å². The Kier molecular flexibility index (Phi) is 4.79. The average Bonchev–Trinajstić information content (AvgIpc) is 3.37. The molecule has 0 spiro atoms. The third-order valence-electron chi connectivity index (χ3n) is 4.43. The summed E-state index contributed by atoms with van der Waals surface area (Å²) in [6.45, 7) is 11.5. The van der Waals surface area contributed by atoms with Gasteiger partial charge in [-0.2, -0.15) is 9.78 Å². The van der Waals surface area contributed by atoms with Crippen molar-refractivity contribution < 1.29 is 9.53 Å². The fourth-order valence-electron chi connectivity index (χ4n) is 3.01. The highest BCUT2D eigenvalue weighted by molar-refractivity contribution is 5.92. The first-order valence-electron chi connectivity index (χ1n) is 9.08. The summed E-state index contributed by atoms with van der Waals surface area (Å²) < 4.78 is 8.70. The lowest BCUT2D eigenvalue weighted by atomic mass is 10.2. The van der Waals surface area contributed by atoms with Gasteiger partial charge in [0.05, 0.1) is 34.7 Å². The Morgan fingerprint density at radius 3 is 2.86 bits per heavy atom. The maximum atomic E-state index is 12.3. The van der Waals surface area contributed by atoms with Gasteiger partial charge in [-0.05, 0) is 49.3 Å². The first kappa shape index (κ1) is 18.4. The van der Waals surface area contributed by atoms with E-state index in [1.165, 1.54) is 6.20 Å². The molecule has 0 saturated carbocycles. The Hall–Kier alpha value is -3.99. The van der Waals surface area contributed by atoms with Crippen LogP contribution in [0, 0.1) is 6.57 Å². The van der Waals surface area contributed by atoms with E-state index in [0.717, 1.165) is 16.6 Å². The molecule has 0 saturated heterocycles. The fourth-order valence-corrected chi connectivity index (χ4v) is 3.01. The van der Waals surface area contributed by atoms with Crippen LogP contribution in [0.15, 0.2) is 55.0 Å². The van der Waals surface area contributed by atoms with Crippen LogP contribution in [-0.2, 0) is 11.3 Å². The molecule has 0 N–H and O–H groups in total. The number of hydrogen-bond acceptors (Lipinski definition) is 5. The maximum Gasteiger partial charge on any atom is 0.341 e. The van der Waals surface area contributed by atoms with Crippen LogP contribution in [0.5, 0.6) is 0 Å². The Labute approximate surface area is 167 Å². The Morgan fingerprint density at radius 1 is 1.28 bits per heavy atom. The number of ether oxygens (including phenoxy) is 1. The number of nitrogens with zero attached hydrogens (tertiary/aromatic N) is 6. The zero-order valence-corrected chi connectivity index (χ0v) is 16.0. The second-order valence-electron chi connectivity index (χ2n) is 6.75. The van der Waals surface area contributed by atoms with Crippen LogP contribution >= 0.6 is 0 Å². The quantitative estimate of drug-likeness (QED) is 0.381. The molecule has 0 atom stereocenters. The summed E-state index contributed by atoms with van der Waals surface area (Å²) in [6.07, 6.45) is 4.71. The lowest BCUT2D eigenvalue weighted by Gasteiger charge is -2.05. The van der Waals surface area contributed by atoms with E-state index >= 15 is 0 Å². The van der Waals surface area contributed by atoms with E-state index in [1.54, 1.807) is 29.2 Å². The van der Waals surface area contributed by atoms with Crippen LogP contribution in [0.2, 0.25) is 0 Å². The Balaban J connectivity index is 1.58. The average molecular weight is 386 g/mol. The van der Waals surface area contributed by atoms with Gasteiger partial charge in [-0.15, -0.1) is 0 Å². The third-order valence-corrected chi connectivity index (χ3v) is 4.43. The summed E-state index contributed by atoms with van der Waals surface area (Å²) >= 11 is 0. The molecule has 0 radical (unpaired) electrons. The predicted molar refractivity (Wildman–Crippen MR) is 107 cm³/mol. The maximum absolute atomic E-state index is 12.3. The van der Waals surface area contributed by atoms with Gasteiger partial charge >= 0.3 is 11.8 Å². The number of benzene rings is 1. The van der Waals surface area contributed by atoms with Gasteiger partial charge in [0.1, 0.15) is 6.61 Å². The number of carbonyl (C=O) groups excluding carboxylic acids is 1. The molecule has 1 aromatic carbocycles. The number of carbonyl (C=O) groups is 1. The van der Waals surface area contributed by atoms with Gasteiger partial charge in [0.15, 0.2) is 0 Å². The van der Waals surface area contributed by atoms with Gasteiger partial charge < -0.3 is 9.58 Å². The Bertz CT molecular complexity index is 1220. The predicted octanol–water partition coefficient (Wildman–Crippen LogP) is 4.11. The third kappa shape index (κ3) is 3.58. The van der Waals surface area contributed by atoms with Crippen molar-refractivity contribution in [2.24, 2.45) is 0 Å². The highest BCUT2D eigenvalue weighted by Gasteiger charge is 2.17. The molecular weight excluding hydrogens is 368 g/mol. The number of hydrogen-bond donors (Lipinski definition) is 0. The van der Waals surface area contributed by atoms with Gasteiger partial charge in [0, 0.05) is 17.8 Å². The molecule has 0 aliphatic rings. The Morgan fingerprint density at radius 2 is 2.14 bits per heavy atom. The highest BCUT2D eigenvalue weighted by atomic mass is 16.5. The summed E-state index contributed by atoms with van der Waals surface area (Å²) in [5, 5.41) is 9.39. The number of pyridine rings is 1. The zero-order chi connectivity index (χ0) is 20.4. The molecule has 0 amide bonds. The minimum atomic E-state index is -0.475. The lowest BCUT2D eigenvalue weighted by molar-refractivity contribution is 0.0467. The van der Waals surface area contributed by atoms with Crippen molar-refractivity contribution in [2.75, 3.05) is 0 Å². The van der Waals surface area contributed by atoms with E-state index in [2.05, 4.69) is 20.0 Å². The van der Waals surface area contributed by atoms with Crippen molar-refractivity contribution in [3.63, 3.8) is 0 Å². The van der Waals surface area contributed by atoms with E-state index in [1.807, 2.05) is 42.8 Å². The molecule has 0 fully saturated rings. The number of esters is 1. The fraction of sp³-hybridized carbons (Fsp3) is 0.190. The highest BCUT2D eigenvalue weighted by Crippen LogP contribution is 2.29. The minimum Gasteiger partial charge on any atom is -0.455 e. The molecule has 144 valence electrons. The SMILES string of the molecule is [C-]#[N+]c1nn(C(C)C)c2ccc(-n3cc(C(=O)OCc4ccccn4)cn3)cc12. The molecule has 0 aliphatic heterocycles. The monoisotopic (exact) mass is 386 g/mol. The van der Waals surface area contributed by atoms with Crippen molar-refractivity contribution in [2.45, 2.75) is 26.5 Å². The molecule has 0 bridgehead atoms. The summed E-state index contributed by atoms with van der Waals surface area (Å²) in [5.41, 5.74) is 2.63. The molecule has 29 heavy (non-hydrogen) atoms. The number of rotatable bonds is 5. The normalized spacial score (nSPS) is 11.0. The van der Waals surface area contributed by atoms with Gasteiger partial charge in [0.2, 0.25) is 0 Å². The second kappa shape index (κ2) is 7.56. The topological polar surface area (TPSA) is 79.2 Å². The smallest absolute Gasteiger partial charge is 0.341 e. The van der Waals surface area contributed by atoms with E-state index in [0.29, 0.717) is 17.1 Å². The molecule has 8 nitrogen and oxygen atoms in total. The van der Waals surface area contributed by atoms with E-state index < -0.39 is 5.97 Å². The van der Waals surface area contributed by atoms with Crippen LogP contribution in [0.1, 0.15) is 35.9 Å². The van der Waals surface area contributed by atoms with E-state index in [4.69, 9.17) is 11.3 Å². The molecule has 3 aromatic heterocycles. The van der Waals surface area contributed by atoms with Crippen LogP contribution in [0.25, 0.3) is 21.4 Å². The van der Waals surface area contributed by atoms with Crippen LogP contribution in [0.3, 0.4) is 0 Å². The van der Waals surface area contributed by atoms with Crippen LogP contribution < -0.4 is 0 Å². The van der Waals surface area contributed by atoms with E-state index in [-0.39, 0.29) is 12.6 Å². The first-order chi connectivity index (χ1) is 14.1. The lowest BCUT2D eigenvalue weighted by Crippen LogP contribution is -2.05. The van der Waals surface area contributed by atoms with Crippen molar-refractivity contribution in [1.29, 1.82) is 0 Å². The minimum absolute atomic E-state index is 0.0968. The zero-order valence-electron chi connectivity index (χ0n) is 16.0. The molecule has 4 aromatic rings. The number of aromatic nitrogens is 5. The van der Waals surface area contributed by atoms with Crippen molar-refractivity contribution in [3.05, 3.63) is 77.7 Å². The van der Waals surface area contributed by atoms with Gasteiger partial charge in [-0.1, -0.05) is 12.6 Å². The molecule has 0 aliphatic carbocycles. The van der Waals surface area contributed by atoms with Gasteiger partial charge in [-0.25, -0.2) is 9.48 Å². The standard InChI is InChI=1S/C21H18N6O2/c1-14(2)27-19-8-7-17(10-18(19)20(22-3)25-27)26-12-15(11-24-26)21(28)29-13-16-6-4-5-9-23-16/h4-12,14H,13H2,1-2H3. The number of fused-ring (bicyclic) bond motifs is 1. The van der Waals surface area contributed by atoms with Crippen molar-refractivity contribution in [1.82, 2.24) is 24.5 Å². The summed E-state index contributed by atoms with van der Waals surface area (Å²) in [7, 11) is 0. The molecule has 3 heterocycles. The van der Waals surface area contributed by atoms with Crippen molar-refractivity contribution in [3.8, 4) is 5.69 Å². The second-order valence-corrected chi connectivity index (χ2v) is 6.75. The summed E-state index contributed by atoms with van der Waals surface area (Å²) in [5.74, 6) is -0.129. The first-order valence-corrected chi connectivity index (χ1v) is 9.08. The summed E-state index contributed by atoms with van der Waals surface area (Å²) in [6, 6.07) is 11.2. The largest absolute Gasteiger partial charge is 0.455 e. The molecule has 8 heteroatoms. The van der Waals surface area contributed by atoms with Crippen LogP contribution in [-0.4, -0.2) is 30.5 Å².